The number of hydrogen-bond donors (Lipinski definition) is 6. The first-order valence-electron chi connectivity index (χ1n) is 18.6. The van der Waals surface area contributed by atoms with Crippen molar-refractivity contribution in [3.05, 3.63) is 71.8 Å². The summed E-state index contributed by atoms with van der Waals surface area (Å²) in [5, 5.41) is 31.5. The molecule has 4 amide bonds. The number of aliphatic hydroxyl groups is 2. The summed E-state index contributed by atoms with van der Waals surface area (Å²) in [6.07, 6.45) is 1.33. The average Bonchev–Trinajstić information content (AvgIpc) is 3.12. The molecule has 0 spiro atoms. The molecule has 292 valence electrons. The number of carbonyl (C=O) groups excluding carboxylic acids is 5. The second-order valence-electron chi connectivity index (χ2n) is 15.0. The molecule has 0 saturated carbocycles. The van der Waals surface area contributed by atoms with Gasteiger partial charge in [0.2, 0.25) is 23.6 Å². The van der Waals surface area contributed by atoms with Gasteiger partial charge in [0.15, 0.2) is 5.78 Å². The molecule has 1 heterocycles. The van der Waals surface area contributed by atoms with E-state index in [1.54, 1.807) is 12.1 Å². The van der Waals surface area contributed by atoms with Crippen LogP contribution >= 0.6 is 0 Å². The van der Waals surface area contributed by atoms with Gasteiger partial charge in [-0.15, -0.1) is 0 Å². The summed E-state index contributed by atoms with van der Waals surface area (Å²) >= 11 is 0. The van der Waals surface area contributed by atoms with E-state index in [9.17, 15) is 34.2 Å². The fourth-order valence-corrected chi connectivity index (χ4v) is 6.16. The zero-order valence-electron chi connectivity index (χ0n) is 31.8. The number of rotatable bonds is 21. The summed E-state index contributed by atoms with van der Waals surface area (Å²) in [4.78, 5) is 70.2. The standard InChI is InChI=1S/C40H59N5O8/c1-27(2)22-32(36(48)40(5,52)26-46)42-39(51)34(24-30-14-10-7-11-15-30)44-38(50)33(23-28(3)4)43-37(49)31(17-16-29-12-8-6-9-13-29)41-35(47)25-45-18-20-53-21-19-45/h6-15,27-28,31-34,46,52H,16-26H2,1-5H3,(H,41,47)(H,42,51)(H,43,49)(H,44,50)/t31-,32?,33?,34-,40?/m0/s1. The number of aliphatic hydroxyl groups excluding tert-OH is 1. The van der Waals surface area contributed by atoms with Crippen LogP contribution in [0.2, 0.25) is 0 Å². The van der Waals surface area contributed by atoms with Gasteiger partial charge < -0.3 is 36.2 Å². The third-order valence-corrected chi connectivity index (χ3v) is 9.12. The number of carbonyl (C=O) groups is 5. The Morgan fingerprint density at radius 2 is 1.21 bits per heavy atom. The lowest BCUT2D eigenvalue weighted by atomic mass is 9.90. The average molecular weight is 738 g/mol. The van der Waals surface area contributed by atoms with E-state index in [-0.39, 0.29) is 43.6 Å². The topological polar surface area (TPSA) is 186 Å². The molecule has 3 rings (SSSR count). The Kier molecular flexibility index (Phi) is 17.5. The van der Waals surface area contributed by atoms with Gasteiger partial charge in [0, 0.05) is 19.5 Å². The summed E-state index contributed by atoms with van der Waals surface area (Å²) in [5.41, 5.74) is -0.337. The van der Waals surface area contributed by atoms with E-state index in [0.717, 1.165) is 11.1 Å². The van der Waals surface area contributed by atoms with E-state index in [1.165, 1.54) is 6.92 Å². The summed E-state index contributed by atoms with van der Waals surface area (Å²) < 4.78 is 5.39. The molecule has 0 aromatic heterocycles. The number of Topliss-reactive ketones (excluding diaryl/α,β-unsaturated/α-hetero) is 1. The van der Waals surface area contributed by atoms with Crippen molar-refractivity contribution in [1.29, 1.82) is 0 Å². The van der Waals surface area contributed by atoms with Crippen molar-refractivity contribution in [2.45, 2.75) is 96.5 Å². The van der Waals surface area contributed by atoms with Crippen LogP contribution < -0.4 is 21.3 Å². The molecule has 1 aliphatic rings. The number of hydrogen-bond acceptors (Lipinski definition) is 9. The Hall–Kier alpha value is -4.17. The number of amides is 4. The number of morpholine rings is 1. The Morgan fingerprint density at radius 3 is 1.77 bits per heavy atom. The largest absolute Gasteiger partial charge is 0.393 e. The second kappa shape index (κ2) is 21.5. The minimum atomic E-state index is -2.08. The summed E-state index contributed by atoms with van der Waals surface area (Å²) in [6, 6.07) is 14.4. The first kappa shape index (κ1) is 43.2. The SMILES string of the molecule is CC(C)CC(NC(=O)[C@H](CCc1ccccc1)NC(=O)CN1CCOCC1)C(=O)N[C@@H](Cc1ccccc1)C(=O)NC(CC(C)C)C(=O)C(C)(O)CO. The van der Waals surface area contributed by atoms with E-state index in [4.69, 9.17) is 4.74 Å². The third-order valence-electron chi connectivity index (χ3n) is 9.12. The maximum atomic E-state index is 14.1. The van der Waals surface area contributed by atoms with E-state index < -0.39 is 59.9 Å². The van der Waals surface area contributed by atoms with Crippen LogP contribution in [0.25, 0.3) is 0 Å². The highest BCUT2D eigenvalue weighted by atomic mass is 16.5. The number of nitrogens with one attached hydrogen (secondary N) is 4. The molecular formula is C40H59N5O8. The first-order chi connectivity index (χ1) is 25.2. The van der Waals surface area contributed by atoms with Crippen LogP contribution in [0.15, 0.2) is 60.7 Å². The minimum Gasteiger partial charge on any atom is -0.393 e. The van der Waals surface area contributed by atoms with Crippen LogP contribution in [0.4, 0.5) is 0 Å². The predicted molar refractivity (Wildman–Crippen MR) is 202 cm³/mol. The molecule has 0 aliphatic carbocycles. The number of ketones is 1. The normalized spacial score (nSPS) is 16.8. The van der Waals surface area contributed by atoms with Crippen LogP contribution in [-0.2, 0) is 41.6 Å². The fraction of sp³-hybridized carbons (Fsp3) is 0.575. The van der Waals surface area contributed by atoms with E-state index in [0.29, 0.717) is 39.1 Å². The molecule has 1 aliphatic heterocycles. The summed E-state index contributed by atoms with van der Waals surface area (Å²) in [5.74, 6) is -2.89. The molecule has 6 N–H and O–H groups in total. The zero-order valence-corrected chi connectivity index (χ0v) is 31.8. The molecule has 13 heteroatoms. The number of aryl methyl sites for hydroxylation is 1. The molecule has 5 atom stereocenters. The third kappa shape index (κ3) is 15.0. The number of benzene rings is 2. The molecule has 0 radical (unpaired) electrons. The quantitative estimate of drug-likeness (QED) is 0.111. The van der Waals surface area contributed by atoms with Gasteiger partial charge in [-0.2, -0.15) is 0 Å². The highest BCUT2D eigenvalue weighted by molar-refractivity contribution is 5.97. The van der Waals surface area contributed by atoms with Crippen LogP contribution in [0.5, 0.6) is 0 Å². The van der Waals surface area contributed by atoms with Crippen LogP contribution in [0.3, 0.4) is 0 Å². The highest BCUT2D eigenvalue weighted by Gasteiger charge is 2.38. The Balaban J connectivity index is 1.84. The molecule has 53 heavy (non-hydrogen) atoms. The first-order valence-corrected chi connectivity index (χ1v) is 18.6. The van der Waals surface area contributed by atoms with Gasteiger partial charge in [-0.25, -0.2) is 0 Å². The van der Waals surface area contributed by atoms with Crippen molar-refractivity contribution in [3.8, 4) is 0 Å². The highest BCUT2D eigenvalue weighted by Crippen LogP contribution is 2.16. The Bertz CT molecular complexity index is 1460. The minimum absolute atomic E-state index is 0.0279. The molecule has 2 aromatic rings. The maximum absolute atomic E-state index is 14.1. The van der Waals surface area contributed by atoms with Gasteiger partial charge in [-0.1, -0.05) is 88.4 Å². The lowest BCUT2D eigenvalue weighted by Gasteiger charge is -2.30. The maximum Gasteiger partial charge on any atom is 0.243 e. The molecule has 0 bridgehead atoms. The van der Waals surface area contributed by atoms with E-state index in [1.807, 2.05) is 81.1 Å². The van der Waals surface area contributed by atoms with Gasteiger partial charge in [-0.05, 0) is 55.6 Å². The summed E-state index contributed by atoms with van der Waals surface area (Å²) in [7, 11) is 0. The summed E-state index contributed by atoms with van der Waals surface area (Å²) in [6.45, 7) is 10.3. The van der Waals surface area contributed by atoms with Gasteiger partial charge >= 0.3 is 0 Å². The lowest BCUT2D eigenvalue weighted by molar-refractivity contribution is -0.144. The molecule has 1 saturated heterocycles. The van der Waals surface area contributed by atoms with E-state index in [2.05, 4.69) is 21.3 Å². The molecule has 2 aromatic carbocycles. The van der Waals surface area contributed by atoms with Gasteiger partial charge in [0.1, 0.15) is 23.7 Å². The molecular weight excluding hydrogens is 678 g/mol. The predicted octanol–water partition coefficient (Wildman–Crippen LogP) is 1.54. The van der Waals surface area contributed by atoms with Crippen molar-refractivity contribution in [1.82, 2.24) is 26.2 Å². The van der Waals surface area contributed by atoms with Crippen LogP contribution in [-0.4, -0.2) is 114 Å². The Morgan fingerprint density at radius 1 is 0.717 bits per heavy atom. The van der Waals surface area contributed by atoms with Crippen molar-refractivity contribution in [3.63, 3.8) is 0 Å². The molecule has 3 unspecified atom stereocenters. The van der Waals surface area contributed by atoms with Crippen molar-refractivity contribution in [2.75, 3.05) is 39.5 Å². The number of ether oxygens (including phenoxy) is 1. The van der Waals surface area contributed by atoms with Gasteiger partial charge in [-0.3, -0.25) is 28.9 Å². The van der Waals surface area contributed by atoms with E-state index >= 15 is 0 Å². The van der Waals surface area contributed by atoms with Crippen molar-refractivity contribution >= 4 is 29.4 Å². The monoisotopic (exact) mass is 737 g/mol. The van der Waals surface area contributed by atoms with Gasteiger partial charge in [0.05, 0.1) is 32.4 Å². The van der Waals surface area contributed by atoms with Crippen LogP contribution in [0, 0.1) is 11.8 Å². The van der Waals surface area contributed by atoms with Crippen molar-refractivity contribution < 1.29 is 38.9 Å². The van der Waals surface area contributed by atoms with Crippen molar-refractivity contribution in [2.24, 2.45) is 11.8 Å². The smallest absolute Gasteiger partial charge is 0.243 e. The number of nitrogens with zero attached hydrogens (tertiary/aromatic N) is 1. The zero-order chi connectivity index (χ0) is 39.0. The lowest BCUT2D eigenvalue weighted by Crippen LogP contribution is -2.60. The Labute approximate surface area is 313 Å². The molecule has 13 nitrogen and oxygen atoms in total. The van der Waals surface area contributed by atoms with Crippen LogP contribution in [0.1, 0.15) is 65.0 Å². The van der Waals surface area contributed by atoms with Gasteiger partial charge in [0.25, 0.3) is 0 Å². The second-order valence-corrected chi connectivity index (χ2v) is 15.0. The fourth-order valence-electron chi connectivity index (χ4n) is 6.16. The molecule has 1 fully saturated rings.